The van der Waals surface area contributed by atoms with Crippen LogP contribution >= 0.6 is 0 Å². The van der Waals surface area contributed by atoms with Crippen molar-refractivity contribution in [3.63, 3.8) is 0 Å². The van der Waals surface area contributed by atoms with Crippen molar-refractivity contribution in [3.8, 4) is 22.3 Å². The SMILES string of the molecule is CC(C)(C)c1ccc(N2B3c4cccc5c4N(c4ccccc4C5(C)C)c4cc(-c5ccccc5)cc(c43)-c3c2ccc2oc4cc5c(cc4c32)C(C)(C)CCC5(C)C)cc1. The molecule has 0 N–H and O–H groups in total. The highest BCUT2D eigenvalue weighted by Gasteiger charge is 2.50. The van der Waals surface area contributed by atoms with E-state index in [0.717, 1.165) is 24.0 Å². The largest absolute Gasteiger partial charge is 0.456 e. The molecule has 3 nitrogen and oxygen atoms in total. The molecule has 0 spiro atoms. The molecule has 8 aromatic rings. The lowest BCUT2D eigenvalue weighted by Crippen LogP contribution is -2.62. The van der Waals surface area contributed by atoms with Crippen LogP contribution in [0.4, 0.5) is 28.4 Å². The van der Waals surface area contributed by atoms with Crippen LogP contribution in [0.2, 0.25) is 0 Å². The molecule has 4 heterocycles. The van der Waals surface area contributed by atoms with Crippen LogP contribution in [0.25, 0.3) is 44.2 Å². The van der Waals surface area contributed by atoms with Gasteiger partial charge in [-0.1, -0.05) is 141 Å². The summed E-state index contributed by atoms with van der Waals surface area (Å²) in [5.74, 6) is 0. The summed E-state index contributed by atoms with van der Waals surface area (Å²) in [6.45, 7) is 21.3. The molecule has 0 saturated heterocycles. The summed E-state index contributed by atoms with van der Waals surface area (Å²) in [5.41, 5.74) is 22.7. The van der Waals surface area contributed by atoms with E-state index in [1.165, 1.54) is 100 Å². The molecular formula is C57H53BN2O. The normalized spacial score (nSPS) is 17.4. The fraction of sp³-hybridized carbons (Fsp3) is 0.263. The van der Waals surface area contributed by atoms with E-state index in [1.807, 2.05) is 0 Å². The fourth-order valence-electron chi connectivity index (χ4n) is 11.7. The molecule has 7 aromatic carbocycles. The van der Waals surface area contributed by atoms with E-state index < -0.39 is 0 Å². The van der Waals surface area contributed by atoms with E-state index in [0.29, 0.717) is 0 Å². The molecule has 0 bridgehead atoms. The molecule has 0 saturated carbocycles. The Morgan fingerprint density at radius 3 is 2.00 bits per heavy atom. The van der Waals surface area contributed by atoms with Crippen LogP contribution in [0.15, 0.2) is 138 Å². The third kappa shape index (κ3) is 4.99. The molecule has 12 rings (SSSR count). The number of furan rings is 1. The number of anilines is 5. The number of hydrogen-bond acceptors (Lipinski definition) is 3. The summed E-state index contributed by atoms with van der Waals surface area (Å²) in [6.07, 6.45) is 2.32. The lowest BCUT2D eigenvalue weighted by atomic mass is 9.42. The van der Waals surface area contributed by atoms with Crippen LogP contribution in [0.3, 0.4) is 0 Å². The third-order valence-electron chi connectivity index (χ3n) is 15.2. The molecule has 0 amide bonds. The second-order valence-electron chi connectivity index (χ2n) is 21.2. The highest BCUT2D eigenvalue weighted by molar-refractivity contribution is 6.93. The van der Waals surface area contributed by atoms with Crippen molar-refractivity contribution in [2.45, 2.75) is 96.8 Å². The van der Waals surface area contributed by atoms with Crippen molar-refractivity contribution in [3.05, 3.63) is 161 Å². The minimum Gasteiger partial charge on any atom is -0.456 e. The number of para-hydroxylation sites is 2. The number of hydrogen-bond donors (Lipinski definition) is 0. The molecule has 0 fully saturated rings. The van der Waals surface area contributed by atoms with Gasteiger partial charge in [0.2, 0.25) is 0 Å². The predicted octanol–water partition coefficient (Wildman–Crippen LogP) is 14.2. The van der Waals surface area contributed by atoms with E-state index >= 15 is 0 Å². The molecule has 0 unspecified atom stereocenters. The summed E-state index contributed by atoms with van der Waals surface area (Å²) in [7, 11) is 0. The highest BCUT2D eigenvalue weighted by atomic mass is 16.3. The van der Waals surface area contributed by atoms with Gasteiger partial charge in [0, 0.05) is 44.5 Å². The van der Waals surface area contributed by atoms with Crippen molar-refractivity contribution >= 4 is 68.1 Å². The summed E-state index contributed by atoms with van der Waals surface area (Å²) in [6, 6.07) is 51.1. The van der Waals surface area contributed by atoms with Crippen molar-refractivity contribution in [2.75, 3.05) is 9.71 Å². The summed E-state index contributed by atoms with van der Waals surface area (Å²) < 4.78 is 7.03. The minimum absolute atomic E-state index is 0.0398. The van der Waals surface area contributed by atoms with Gasteiger partial charge in [0.15, 0.2) is 0 Å². The van der Waals surface area contributed by atoms with Crippen molar-refractivity contribution < 1.29 is 4.42 Å². The average Bonchev–Trinajstić information content (AvgIpc) is 3.62. The number of benzene rings is 7. The molecule has 0 radical (unpaired) electrons. The molecule has 300 valence electrons. The summed E-state index contributed by atoms with van der Waals surface area (Å²) >= 11 is 0. The van der Waals surface area contributed by atoms with Gasteiger partial charge in [-0.25, -0.2) is 0 Å². The van der Waals surface area contributed by atoms with E-state index in [-0.39, 0.29) is 28.5 Å². The zero-order valence-electron chi connectivity index (χ0n) is 37.0. The van der Waals surface area contributed by atoms with Crippen LogP contribution < -0.4 is 20.6 Å². The predicted molar refractivity (Wildman–Crippen MR) is 259 cm³/mol. The van der Waals surface area contributed by atoms with E-state index in [2.05, 4.69) is 205 Å². The Hall–Kier alpha value is -6.00. The Morgan fingerprint density at radius 2 is 1.26 bits per heavy atom. The second-order valence-corrected chi connectivity index (χ2v) is 21.2. The van der Waals surface area contributed by atoms with Crippen molar-refractivity contribution in [2.24, 2.45) is 0 Å². The molecule has 1 aromatic heterocycles. The Bertz CT molecular complexity index is 3160. The monoisotopic (exact) mass is 792 g/mol. The number of rotatable bonds is 2. The standard InChI is InChI=1S/C57H53BN2O/c1-54(2,3)36-22-24-37(25-23-36)60-46-26-27-48-51(38-32-42-43(33-49(38)61-48)56(6,7)29-28-55(42,4)5)50(46)39-30-35(34-16-11-10-12-17-34)31-47-52(39)58(60)44-20-15-19-41-53(44)59(47)45-21-14-13-18-40(45)57(41,8)9/h10-27,30-33H,28-29H2,1-9H3. The Balaban J connectivity index is 1.25. The minimum atomic E-state index is -0.190. The Kier molecular flexibility index (Phi) is 7.30. The lowest BCUT2D eigenvalue weighted by Gasteiger charge is -2.50. The molecule has 1 aliphatic carbocycles. The van der Waals surface area contributed by atoms with Gasteiger partial charge in [-0.05, 0) is 139 Å². The van der Waals surface area contributed by atoms with Gasteiger partial charge in [0.25, 0.3) is 0 Å². The molecule has 61 heavy (non-hydrogen) atoms. The first kappa shape index (κ1) is 36.8. The van der Waals surface area contributed by atoms with E-state index in [9.17, 15) is 0 Å². The average molecular weight is 793 g/mol. The zero-order chi connectivity index (χ0) is 42.0. The van der Waals surface area contributed by atoms with Gasteiger partial charge in [0.05, 0.1) is 5.69 Å². The first-order chi connectivity index (χ1) is 29.1. The van der Waals surface area contributed by atoms with Gasteiger partial charge in [-0.3, -0.25) is 0 Å². The second kappa shape index (κ2) is 12.1. The Morgan fingerprint density at radius 1 is 0.574 bits per heavy atom. The van der Waals surface area contributed by atoms with Crippen LogP contribution in [0.1, 0.15) is 103 Å². The topological polar surface area (TPSA) is 19.6 Å². The maximum absolute atomic E-state index is 7.03. The first-order valence-corrected chi connectivity index (χ1v) is 22.3. The quantitative estimate of drug-likeness (QED) is 0.163. The van der Waals surface area contributed by atoms with Gasteiger partial charge in [-0.2, -0.15) is 0 Å². The maximum atomic E-state index is 7.03. The number of nitrogens with zero attached hydrogens (tertiary/aromatic N) is 2. The van der Waals surface area contributed by atoms with Gasteiger partial charge >= 0.3 is 6.85 Å². The highest BCUT2D eigenvalue weighted by Crippen LogP contribution is 2.57. The summed E-state index contributed by atoms with van der Waals surface area (Å²) in [5, 5.41) is 2.41. The van der Waals surface area contributed by atoms with Gasteiger partial charge < -0.3 is 14.1 Å². The van der Waals surface area contributed by atoms with Gasteiger partial charge in [0.1, 0.15) is 11.2 Å². The van der Waals surface area contributed by atoms with Gasteiger partial charge in [-0.15, -0.1) is 0 Å². The Labute approximate surface area is 361 Å². The molecule has 3 aliphatic heterocycles. The molecule has 0 atom stereocenters. The van der Waals surface area contributed by atoms with Crippen LogP contribution in [0, 0.1) is 0 Å². The smallest absolute Gasteiger partial charge is 0.333 e. The van der Waals surface area contributed by atoms with Crippen LogP contribution in [0.5, 0.6) is 0 Å². The molecule has 4 heteroatoms. The lowest BCUT2D eigenvalue weighted by molar-refractivity contribution is 0.332. The van der Waals surface area contributed by atoms with Crippen molar-refractivity contribution in [1.29, 1.82) is 0 Å². The zero-order valence-corrected chi connectivity index (χ0v) is 37.0. The molecule has 4 aliphatic rings. The first-order valence-electron chi connectivity index (χ1n) is 22.3. The van der Waals surface area contributed by atoms with Crippen LogP contribution in [-0.2, 0) is 21.7 Å². The van der Waals surface area contributed by atoms with E-state index in [1.54, 1.807) is 0 Å². The molecular weight excluding hydrogens is 739 g/mol. The summed E-state index contributed by atoms with van der Waals surface area (Å²) in [4.78, 5) is 5.29. The van der Waals surface area contributed by atoms with E-state index in [4.69, 9.17) is 4.42 Å². The maximum Gasteiger partial charge on any atom is 0.333 e. The third-order valence-corrected chi connectivity index (χ3v) is 15.2. The fourth-order valence-corrected chi connectivity index (χ4v) is 11.7. The van der Waals surface area contributed by atoms with Crippen molar-refractivity contribution in [1.82, 2.24) is 0 Å². The number of fused-ring (bicyclic) bond motifs is 11. The van der Waals surface area contributed by atoms with Crippen LogP contribution in [-0.4, -0.2) is 6.85 Å².